The van der Waals surface area contributed by atoms with Crippen molar-refractivity contribution < 1.29 is 0 Å². The SMILES string of the molecule is c1ccc(-c2nc(-c3ccccc3)nc(-c3ccnc(-n4c5ccc6cccc7c6c5c5c6c(ccc8cccc-7c86)ccc54)c3)n2)cc1. The summed E-state index contributed by atoms with van der Waals surface area (Å²) in [4.78, 5) is 19.9. The average Bonchev–Trinajstić information content (AvgIpc) is 3.45. The van der Waals surface area contributed by atoms with Gasteiger partial charge in [0.2, 0.25) is 0 Å². The van der Waals surface area contributed by atoms with Crippen molar-refractivity contribution in [1.82, 2.24) is 24.5 Å². The molecule has 0 aliphatic heterocycles. The standard InChI is InChI=1S/C44H25N5/c1-3-9-29(10-4-1)42-46-43(30-11-5-2-6-12-30)48-44(47-42)31-23-24-45-36(25-31)49-34-21-19-27-14-8-16-33-32-15-7-13-26-17-18-28-20-22-35(49)41(39(28)37(26)32)40(34)38(27)33/h1-25H. The van der Waals surface area contributed by atoms with Crippen LogP contribution >= 0.6 is 0 Å². The Morgan fingerprint density at radius 3 is 1.45 bits per heavy atom. The third-order valence-corrected chi connectivity index (χ3v) is 9.98. The van der Waals surface area contributed by atoms with Crippen molar-refractivity contribution in [1.29, 1.82) is 0 Å². The molecule has 3 heterocycles. The van der Waals surface area contributed by atoms with E-state index in [-0.39, 0.29) is 0 Å². The maximum absolute atomic E-state index is 5.01. The first-order valence-corrected chi connectivity index (χ1v) is 16.5. The highest BCUT2D eigenvalue weighted by Crippen LogP contribution is 2.49. The molecule has 0 atom stereocenters. The first-order valence-electron chi connectivity index (χ1n) is 16.5. The van der Waals surface area contributed by atoms with Gasteiger partial charge in [-0.25, -0.2) is 19.9 Å². The van der Waals surface area contributed by atoms with Gasteiger partial charge < -0.3 is 0 Å². The Morgan fingerprint density at radius 1 is 0.367 bits per heavy atom. The molecule has 0 amide bonds. The second kappa shape index (κ2) is 9.89. The van der Waals surface area contributed by atoms with E-state index in [9.17, 15) is 0 Å². The lowest BCUT2D eigenvalue weighted by Crippen LogP contribution is -2.02. The third kappa shape index (κ3) is 3.75. The third-order valence-electron chi connectivity index (χ3n) is 9.98. The van der Waals surface area contributed by atoms with Crippen LogP contribution in [-0.2, 0) is 0 Å². The minimum Gasteiger partial charge on any atom is -0.294 e. The molecule has 7 aromatic carbocycles. The summed E-state index contributed by atoms with van der Waals surface area (Å²) < 4.78 is 2.31. The summed E-state index contributed by atoms with van der Waals surface area (Å²) in [6, 6.07) is 51.2. The van der Waals surface area contributed by atoms with Crippen molar-refractivity contribution in [3.8, 4) is 51.1 Å². The summed E-state index contributed by atoms with van der Waals surface area (Å²) >= 11 is 0. The molecule has 5 heteroatoms. The van der Waals surface area contributed by atoms with Crippen LogP contribution in [0.15, 0.2) is 152 Å². The molecular formula is C44H25N5. The van der Waals surface area contributed by atoms with Crippen LogP contribution in [0.3, 0.4) is 0 Å². The van der Waals surface area contributed by atoms with Gasteiger partial charge in [0.1, 0.15) is 5.82 Å². The minimum atomic E-state index is 0.604. The van der Waals surface area contributed by atoms with Gasteiger partial charge >= 0.3 is 0 Å². The summed E-state index contributed by atoms with van der Waals surface area (Å²) in [6.45, 7) is 0. The molecule has 0 N–H and O–H groups in total. The average molecular weight is 624 g/mol. The highest BCUT2D eigenvalue weighted by molar-refractivity contribution is 6.38. The molecule has 0 radical (unpaired) electrons. The molecule has 1 aliphatic carbocycles. The van der Waals surface area contributed by atoms with Gasteiger partial charge in [0, 0.05) is 39.0 Å². The fourth-order valence-corrected chi connectivity index (χ4v) is 7.87. The Kier molecular flexibility index (Phi) is 5.32. The Labute approximate surface area is 280 Å². The molecule has 0 spiro atoms. The second-order valence-electron chi connectivity index (χ2n) is 12.7. The summed E-state index contributed by atoms with van der Waals surface area (Å²) in [6.07, 6.45) is 1.86. The van der Waals surface area contributed by atoms with Crippen LogP contribution in [0.1, 0.15) is 0 Å². The van der Waals surface area contributed by atoms with Crippen LogP contribution < -0.4 is 0 Å². The van der Waals surface area contributed by atoms with E-state index < -0.39 is 0 Å². The van der Waals surface area contributed by atoms with E-state index in [1.807, 2.05) is 72.9 Å². The maximum Gasteiger partial charge on any atom is 0.164 e. The zero-order chi connectivity index (χ0) is 32.1. The number of hydrogen-bond donors (Lipinski definition) is 0. The summed E-state index contributed by atoms with van der Waals surface area (Å²) in [5.41, 5.74) is 7.57. The normalized spacial score (nSPS) is 12.1. The van der Waals surface area contributed by atoms with E-state index in [0.29, 0.717) is 17.5 Å². The van der Waals surface area contributed by atoms with E-state index in [1.165, 1.54) is 54.2 Å². The Balaban J connectivity index is 1.21. The number of fused-ring (bicyclic) bond motifs is 1. The van der Waals surface area contributed by atoms with Crippen LogP contribution in [0.4, 0.5) is 0 Å². The molecule has 10 aromatic rings. The van der Waals surface area contributed by atoms with Crippen molar-refractivity contribution in [2.24, 2.45) is 0 Å². The topological polar surface area (TPSA) is 56.5 Å². The molecule has 0 fully saturated rings. The van der Waals surface area contributed by atoms with Crippen molar-refractivity contribution in [2.45, 2.75) is 0 Å². The van der Waals surface area contributed by atoms with E-state index in [0.717, 1.165) is 33.5 Å². The molecule has 0 saturated carbocycles. The molecule has 226 valence electrons. The largest absolute Gasteiger partial charge is 0.294 e. The summed E-state index contributed by atoms with van der Waals surface area (Å²) in [5.74, 6) is 2.69. The Morgan fingerprint density at radius 2 is 0.857 bits per heavy atom. The van der Waals surface area contributed by atoms with E-state index in [1.54, 1.807) is 0 Å². The summed E-state index contributed by atoms with van der Waals surface area (Å²) in [5, 5.41) is 10.2. The van der Waals surface area contributed by atoms with Gasteiger partial charge in [-0.1, -0.05) is 121 Å². The second-order valence-corrected chi connectivity index (χ2v) is 12.7. The number of hydrogen-bond acceptors (Lipinski definition) is 4. The smallest absolute Gasteiger partial charge is 0.164 e. The van der Waals surface area contributed by atoms with Crippen LogP contribution in [0.25, 0.3) is 105 Å². The zero-order valence-corrected chi connectivity index (χ0v) is 26.2. The number of rotatable bonds is 4. The number of aromatic nitrogens is 5. The van der Waals surface area contributed by atoms with E-state index in [4.69, 9.17) is 19.9 Å². The fraction of sp³-hybridized carbons (Fsp3) is 0. The predicted molar refractivity (Wildman–Crippen MR) is 200 cm³/mol. The van der Waals surface area contributed by atoms with Crippen LogP contribution in [0.5, 0.6) is 0 Å². The van der Waals surface area contributed by atoms with Crippen LogP contribution in [0, 0.1) is 0 Å². The van der Waals surface area contributed by atoms with Gasteiger partial charge in [-0.15, -0.1) is 0 Å². The molecule has 0 unspecified atom stereocenters. The first kappa shape index (κ1) is 26.4. The molecule has 5 nitrogen and oxygen atoms in total. The molecule has 11 rings (SSSR count). The van der Waals surface area contributed by atoms with E-state index in [2.05, 4.69) is 83.4 Å². The van der Waals surface area contributed by atoms with Gasteiger partial charge in [0.25, 0.3) is 0 Å². The number of nitrogens with zero attached hydrogens (tertiary/aromatic N) is 5. The quantitative estimate of drug-likeness (QED) is 0.183. The maximum atomic E-state index is 5.01. The highest BCUT2D eigenvalue weighted by atomic mass is 15.1. The molecule has 0 bridgehead atoms. The Bertz CT molecular complexity index is 2920. The lowest BCUT2D eigenvalue weighted by molar-refractivity contribution is 1.05. The minimum absolute atomic E-state index is 0.604. The van der Waals surface area contributed by atoms with Crippen LogP contribution in [0.2, 0.25) is 0 Å². The van der Waals surface area contributed by atoms with Gasteiger partial charge in [-0.3, -0.25) is 4.57 Å². The van der Waals surface area contributed by atoms with E-state index >= 15 is 0 Å². The van der Waals surface area contributed by atoms with Crippen molar-refractivity contribution >= 4 is 54.1 Å². The molecule has 49 heavy (non-hydrogen) atoms. The van der Waals surface area contributed by atoms with Gasteiger partial charge in [0.05, 0.1) is 11.0 Å². The van der Waals surface area contributed by atoms with Crippen molar-refractivity contribution in [3.63, 3.8) is 0 Å². The number of benzene rings is 7. The first-order chi connectivity index (χ1) is 24.3. The van der Waals surface area contributed by atoms with Gasteiger partial charge in [0.15, 0.2) is 17.5 Å². The number of pyridine rings is 1. The highest BCUT2D eigenvalue weighted by Gasteiger charge is 2.24. The van der Waals surface area contributed by atoms with Gasteiger partial charge in [-0.05, 0) is 62.3 Å². The lowest BCUT2D eigenvalue weighted by Gasteiger charge is -2.14. The zero-order valence-electron chi connectivity index (χ0n) is 26.2. The predicted octanol–water partition coefficient (Wildman–Crippen LogP) is 10.8. The van der Waals surface area contributed by atoms with Crippen LogP contribution in [-0.4, -0.2) is 24.5 Å². The van der Waals surface area contributed by atoms with Crippen molar-refractivity contribution in [3.05, 3.63) is 152 Å². The van der Waals surface area contributed by atoms with Crippen molar-refractivity contribution in [2.75, 3.05) is 0 Å². The molecular weight excluding hydrogens is 599 g/mol. The summed E-state index contributed by atoms with van der Waals surface area (Å²) in [7, 11) is 0. The van der Waals surface area contributed by atoms with Gasteiger partial charge in [-0.2, -0.15) is 0 Å². The molecule has 0 saturated heterocycles. The fourth-order valence-electron chi connectivity index (χ4n) is 7.87. The Hall–Kier alpha value is -6.72. The molecule has 1 aliphatic rings. The molecule has 3 aromatic heterocycles. The lowest BCUT2D eigenvalue weighted by atomic mass is 9.93. The monoisotopic (exact) mass is 623 g/mol.